The van der Waals surface area contributed by atoms with E-state index in [1.165, 1.54) is 0 Å². The number of aromatic amines is 1. The molecule has 1 amide bonds. The number of nitrogens with one attached hydrogen (secondary N) is 2. The van der Waals surface area contributed by atoms with E-state index in [0.717, 1.165) is 42.5 Å². The first kappa shape index (κ1) is 13.1. The molecule has 0 bridgehead atoms. The molecule has 106 valence electrons. The predicted molar refractivity (Wildman–Crippen MR) is 77.9 cm³/mol. The average molecular weight is 272 g/mol. The molecule has 0 radical (unpaired) electrons. The minimum absolute atomic E-state index is 0.0585. The van der Waals surface area contributed by atoms with Gasteiger partial charge in [-0.3, -0.25) is 4.79 Å². The minimum atomic E-state index is 0.0585. The van der Waals surface area contributed by atoms with Crippen LogP contribution in [0.3, 0.4) is 0 Å². The van der Waals surface area contributed by atoms with Crippen LogP contribution in [-0.4, -0.2) is 21.9 Å². The molecule has 5 nitrogen and oxygen atoms in total. The summed E-state index contributed by atoms with van der Waals surface area (Å²) in [4.78, 5) is 19.8. The summed E-state index contributed by atoms with van der Waals surface area (Å²) in [7, 11) is 0. The molecule has 1 aliphatic rings. The first-order valence-electron chi connectivity index (χ1n) is 7.19. The number of nitrogens with zero attached hydrogens (tertiary/aromatic N) is 1. The van der Waals surface area contributed by atoms with E-state index < -0.39 is 0 Å². The molecule has 0 spiro atoms. The van der Waals surface area contributed by atoms with Crippen LogP contribution < -0.4 is 11.1 Å². The maximum atomic E-state index is 12.1. The van der Waals surface area contributed by atoms with Gasteiger partial charge in [0, 0.05) is 12.0 Å². The summed E-state index contributed by atoms with van der Waals surface area (Å²) in [5.41, 5.74) is 7.85. The number of H-pyrrole nitrogens is 1. The van der Waals surface area contributed by atoms with Gasteiger partial charge in [0.1, 0.15) is 5.82 Å². The number of benzene rings is 1. The normalized spacial score (nSPS) is 22.9. The van der Waals surface area contributed by atoms with Gasteiger partial charge in [0.05, 0.1) is 17.6 Å². The van der Waals surface area contributed by atoms with Crippen LogP contribution in [0.1, 0.15) is 31.5 Å². The van der Waals surface area contributed by atoms with Gasteiger partial charge in [-0.2, -0.15) is 0 Å². The van der Waals surface area contributed by atoms with Crippen LogP contribution >= 0.6 is 0 Å². The van der Waals surface area contributed by atoms with Crippen LogP contribution in [0.15, 0.2) is 24.3 Å². The van der Waals surface area contributed by atoms with Crippen LogP contribution in [-0.2, 0) is 11.3 Å². The lowest BCUT2D eigenvalue weighted by Gasteiger charge is -2.25. The number of aromatic nitrogens is 2. The molecule has 20 heavy (non-hydrogen) atoms. The maximum Gasteiger partial charge on any atom is 0.223 e. The second kappa shape index (κ2) is 5.63. The number of carbonyl (C=O) groups excluding carboxylic acids is 1. The summed E-state index contributed by atoms with van der Waals surface area (Å²) in [5.74, 6) is 0.948. The Kier molecular flexibility index (Phi) is 3.69. The molecule has 1 aliphatic carbocycles. The van der Waals surface area contributed by atoms with Crippen molar-refractivity contribution >= 4 is 16.9 Å². The molecule has 4 N–H and O–H groups in total. The maximum absolute atomic E-state index is 12.1. The third kappa shape index (κ3) is 2.82. The zero-order valence-electron chi connectivity index (χ0n) is 11.4. The van der Waals surface area contributed by atoms with Gasteiger partial charge in [0.25, 0.3) is 0 Å². The van der Waals surface area contributed by atoms with Crippen molar-refractivity contribution in [3.8, 4) is 0 Å². The highest BCUT2D eigenvalue weighted by Gasteiger charge is 2.25. The molecule has 1 saturated carbocycles. The molecule has 2 unspecified atom stereocenters. The minimum Gasteiger partial charge on any atom is -0.349 e. The van der Waals surface area contributed by atoms with E-state index in [1.807, 2.05) is 24.3 Å². The molecule has 1 heterocycles. The van der Waals surface area contributed by atoms with Crippen molar-refractivity contribution in [2.45, 2.75) is 38.3 Å². The molecule has 0 aliphatic heterocycles. The molecule has 1 fully saturated rings. The second-order valence-electron chi connectivity index (χ2n) is 5.54. The Labute approximate surface area is 118 Å². The molecule has 3 rings (SSSR count). The van der Waals surface area contributed by atoms with Crippen LogP contribution in [0.4, 0.5) is 0 Å². The van der Waals surface area contributed by atoms with Crippen LogP contribution in [0.2, 0.25) is 0 Å². The zero-order valence-corrected chi connectivity index (χ0v) is 11.4. The van der Waals surface area contributed by atoms with Gasteiger partial charge in [0.2, 0.25) is 5.91 Å². The lowest BCUT2D eigenvalue weighted by Crippen LogP contribution is -2.37. The van der Waals surface area contributed by atoms with Crippen LogP contribution in [0.25, 0.3) is 11.0 Å². The molecule has 1 aromatic carbocycles. The van der Waals surface area contributed by atoms with E-state index in [9.17, 15) is 4.79 Å². The van der Waals surface area contributed by atoms with Crippen molar-refractivity contribution in [1.82, 2.24) is 15.3 Å². The first-order valence-corrected chi connectivity index (χ1v) is 7.19. The van der Waals surface area contributed by atoms with E-state index in [2.05, 4.69) is 15.3 Å². The van der Waals surface area contributed by atoms with Crippen molar-refractivity contribution < 1.29 is 4.79 Å². The third-order valence-corrected chi connectivity index (χ3v) is 3.95. The van der Waals surface area contributed by atoms with Gasteiger partial charge in [-0.05, 0) is 31.4 Å². The molecule has 1 aromatic heterocycles. The van der Waals surface area contributed by atoms with Crippen LogP contribution in [0, 0.1) is 5.92 Å². The summed E-state index contributed by atoms with van der Waals surface area (Å²) < 4.78 is 0. The lowest BCUT2D eigenvalue weighted by atomic mass is 9.85. The lowest BCUT2D eigenvalue weighted by molar-refractivity contribution is -0.126. The van der Waals surface area contributed by atoms with Gasteiger partial charge < -0.3 is 16.0 Å². The molecular weight excluding hydrogens is 252 g/mol. The highest BCUT2D eigenvalue weighted by molar-refractivity contribution is 5.79. The first-order chi connectivity index (χ1) is 9.72. The smallest absolute Gasteiger partial charge is 0.223 e. The summed E-state index contributed by atoms with van der Waals surface area (Å²) in [6, 6.07) is 8.03. The van der Waals surface area contributed by atoms with Crippen molar-refractivity contribution in [3.63, 3.8) is 0 Å². The second-order valence-corrected chi connectivity index (χ2v) is 5.54. The molecular formula is C15H20N4O. The third-order valence-electron chi connectivity index (χ3n) is 3.95. The van der Waals surface area contributed by atoms with Gasteiger partial charge in [-0.1, -0.05) is 18.6 Å². The number of rotatable bonds is 3. The Hall–Kier alpha value is -1.88. The fraction of sp³-hybridized carbons (Fsp3) is 0.467. The van der Waals surface area contributed by atoms with E-state index in [1.54, 1.807) is 0 Å². The quantitative estimate of drug-likeness (QED) is 0.795. The highest BCUT2D eigenvalue weighted by atomic mass is 16.1. The Morgan fingerprint density at radius 3 is 3.05 bits per heavy atom. The molecule has 5 heteroatoms. The number of hydrogen-bond donors (Lipinski definition) is 3. The number of imidazole rings is 1. The summed E-state index contributed by atoms with van der Waals surface area (Å²) in [6.07, 6.45) is 3.82. The Morgan fingerprint density at radius 2 is 2.25 bits per heavy atom. The van der Waals surface area contributed by atoms with Crippen molar-refractivity contribution in [2.24, 2.45) is 11.7 Å². The van der Waals surface area contributed by atoms with E-state index in [0.29, 0.717) is 6.54 Å². The highest BCUT2D eigenvalue weighted by Crippen LogP contribution is 2.23. The van der Waals surface area contributed by atoms with Gasteiger partial charge in [-0.15, -0.1) is 0 Å². The number of para-hydroxylation sites is 2. The van der Waals surface area contributed by atoms with Crippen LogP contribution in [0.5, 0.6) is 0 Å². The van der Waals surface area contributed by atoms with E-state index in [-0.39, 0.29) is 17.9 Å². The van der Waals surface area contributed by atoms with E-state index >= 15 is 0 Å². The zero-order chi connectivity index (χ0) is 13.9. The number of fused-ring (bicyclic) bond motifs is 1. The van der Waals surface area contributed by atoms with Gasteiger partial charge >= 0.3 is 0 Å². The Morgan fingerprint density at radius 1 is 1.40 bits per heavy atom. The van der Waals surface area contributed by atoms with E-state index in [4.69, 9.17) is 5.73 Å². The number of nitrogens with two attached hydrogens (primary N) is 1. The van der Waals surface area contributed by atoms with Gasteiger partial charge in [-0.25, -0.2) is 4.98 Å². The Bertz CT molecular complexity index is 574. The molecule has 0 saturated heterocycles. The summed E-state index contributed by atoms with van der Waals surface area (Å²) in [5, 5.41) is 2.96. The fourth-order valence-electron chi connectivity index (χ4n) is 2.87. The monoisotopic (exact) mass is 272 g/mol. The van der Waals surface area contributed by atoms with Crippen molar-refractivity contribution in [2.75, 3.05) is 0 Å². The topological polar surface area (TPSA) is 83.8 Å². The SMILES string of the molecule is NC1CCCC(C(=O)NCc2nc3ccccc3[nH]2)C1. The predicted octanol–water partition coefficient (Wildman–Crippen LogP) is 1.70. The number of hydrogen-bond acceptors (Lipinski definition) is 3. The fourth-order valence-corrected chi connectivity index (χ4v) is 2.87. The molecule has 2 aromatic rings. The van der Waals surface area contributed by atoms with Crippen molar-refractivity contribution in [3.05, 3.63) is 30.1 Å². The average Bonchev–Trinajstić information content (AvgIpc) is 2.87. The summed E-state index contributed by atoms with van der Waals surface area (Å²) in [6.45, 7) is 0.444. The number of carbonyl (C=O) groups is 1. The van der Waals surface area contributed by atoms with Gasteiger partial charge in [0.15, 0.2) is 0 Å². The standard InChI is InChI=1S/C15H20N4O/c16-11-5-3-4-10(8-11)15(20)17-9-14-18-12-6-1-2-7-13(12)19-14/h1-2,6-7,10-11H,3-5,8-9,16H2,(H,17,20)(H,18,19). The Balaban J connectivity index is 1.59. The number of amides is 1. The molecule has 2 atom stereocenters. The van der Waals surface area contributed by atoms with Crippen molar-refractivity contribution in [1.29, 1.82) is 0 Å². The summed E-state index contributed by atoms with van der Waals surface area (Å²) >= 11 is 0. The largest absolute Gasteiger partial charge is 0.349 e.